The average molecular weight is 219 g/mol. The Kier molecular flexibility index (Phi) is 3.88. The molecule has 0 radical (unpaired) electrons. The van der Waals surface area contributed by atoms with Gasteiger partial charge in [-0.2, -0.15) is 0 Å². The van der Waals surface area contributed by atoms with Crippen molar-refractivity contribution >= 4 is 6.98 Å². The van der Waals surface area contributed by atoms with Crippen molar-refractivity contribution in [2.75, 3.05) is 13.1 Å². The van der Waals surface area contributed by atoms with E-state index in [-0.39, 0.29) is 5.75 Å². The summed E-state index contributed by atoms with van der Waals surface area (Å²) in [6.07, 6.45) is 0. The van der Waals surface area contributed by atoms with Gasteiger partial charge in [-0.1, -0.05) is 0 Å². The van der Waals surface area contributed by atoms with Crippen molar-refractivity contribution in [3.8, 4) is 11.5 Å². The van der Waals surface area contributed by atoms with Crippen molar-refractivity contribution < 1.29 is 22.4 Å². The predicted octanol–water partition coefficient (Wildman–Crippen LogP) is 2.85. The molecule has 84 valence electrons. The fourth-order valence-electron chi connectivity index (χ4n) is 0.989. The van der Waals surface area contributed by atoms with Crippen LogP contribution in [0.15, 0.2) is 24.3 Å². The van der Waals surface area contributed by atoms with Crippen molar-refractivity contribution in [3.63, 3.8) is 0 Å². The fraction of sp³-hybridized carbons (Fsp3) is 0.333. The van der Waals surface area contributed by atoms with Gasteiger partial charge in [0.15, 0.2) is 0 Å². The zero-order chi connectivity index (χ0) is 11.3. The van der Waals surface area contributed by atoms with E-state index in [9.17, 15) is 12.9 Å². The maximum absolute atomic E-state index is 11.9. The van der Waals surface area contributed by atoms with Gasteiger partial charge in [-0.25, -0.2) is 0 Å². The molecule has 2 nitrogen and oxygen atoms in total. The summed E-state index contributed by atoms with van der Waals surface area (Å²) in [7, 11) is 0. The Morgan fingerprint density at radius 2 is 1.47 bits per heavy atom. The zero-order valence-electron chi connectivity index (χ0n) is 8.25. The van der Waals surface area contributed by atoms with E-state index in [1.807, 2.05) is 6.92 Å². The van der Waals surface area contributed by atoms with Crippen molar-refractivity contribution in [2.24, 2.45) is 0 Å². The van der Waals surface area contributed by atoms with Crippen LogP contribution in [0.5, 0.6) is 11.5 Å². The maximum atomic E-state index is 11.9. The normalized spacial score (nSPS) is 11.2. The Bertz CT molecular complexity index is 297. The summed E-state index contributed by atoms with van der Waals surface area (Å²) in [6.45, 7) is -3.76. The second-order valence-corrected chi connectivity index (χ2v) is 2.93. The van der Waals surface area contributed by atoms with E-state index in [2.05, 4.69) is 4.74 Å². The van der Waals surface area contributed by atoms with Crippen molar-refractivity contribution in [2.45, 2.75) is 6.92 Å². The topological polar surface area (TPSA) is 18.5 Å². The molecular weight excluding hydrogens is 208 g/mol. The minimum Gasteiger partial charge on any atom is -0.522 e. The Hall–Kier alpha value is -1.33. The molecule has 0 heterocycles. The van der Waals surface area contributed by atoms with Gasteiger partial charge in [0, 0.05) is 0 Å². The van der Waals surface area contributed by atoms with Crippen LogP contribution in [-0.4, -0.2) is 20.1 Å². The summed E-state index contributed by atoms with van der Waals surface area (Å²) in [5.41, 5.74) is 0. The number of benzene rings is 1. The van der Waals surface area contributed by atoms with E-state index >= 15 is 0 Å². The minimum atomic E-state index is -4.90. The summed E-state index contributed by atoms with van der Waals surface area (Å²) in [4.78, 5) is 0. The molecule has 1 rings (SSSR count). The first-order chi connectivity index (χ1) is 7.01. The van der Waals surface area contributed by atoms with Gasteiger partial charge >= 0.3 is 6.98 Å². The third kappa shape index (κ3) is 4.62. The molecule has 0 aliphatic heterocycles. The van der Waals surface area contributed by atoms with Crippen LogP contribution >= 0.6 is 0 Å². The third-order valence-corrected chi connectivity index (χ3v) is 1.57. The minimum absolute atomic E-state index is 0.192. The number of rotatable bonds is 5. The Morgan fingerprint density at radius 3 is 1.87 bits per heavy atom. The zero-order valence-corrected chi connectivity index (χ0v) is 8.25. The molecule has 1 aromatic rings. The van der Waals surface area contributed by atoms with E-state index in [0.29, 0.717) is 12.4 Å². The first-order valence-corrected chi connectivity index (χ1v) is 4.58. The van der Waals surface area contributed by atoms with Gasteiger partial charge in [0.05, 0.1) is 13.1 Å². The first kappa shape index (κ1) is 11.7. The lowest BCUT2D eigenvalue weighted by Gasteiger charge is -2.15. The van der Waals surface area contributed by atoms with Crippen LogP contribution in [0.2, 0.25) is 0 Å². The molecule has 1 aromatic carbocycles. The molecule has 6 heteroatoms. The number of hydrogen-bond donors (Lipinski definition) is 0. The molecule has 0 amide bonds. The van der Waals surface area contributed by atoms with Crippen LogP contribution in [0.1, 0.15) is 6.92 Å². The van der Waals surface area contributed by atoms with E-state index in [1.165, 1.54) is 12.1 Å². The standard InChI is InChI=1S/C9H11BF3O2/c1-2-14-8-3-5-9(6-4-8)15-7-10(11,12)13/h3-6H,2,7H2,1H3/q-1. The van der Waals surface area contributed by atoms with Crippen LogP contribution in [-0.2, 0) is 0 Å². The molecule has 0 aromatic heterocycles. The SMILES string of the molecule is CCOc1ccc(OC[B-](F)(F)F)cc1. The summed E-state index contributed by atoms with van der Waals surface area (Å²) < 4.78 is 45.2. The second-order valence-electron chi connectivity index (χ2n) is 2.93. The van der Waals surface area contributed by atoms with E-state index < -0.39 is 13.5 Å². The summed E-state index contributed by atoms with van der Waals surface area (Å²) in [6, 6.07) is 6.05. The molecule has 0 aliphatic rings. The van der Waals surface area contributed by atoms with Gasteiger partial charge in [-0.05, 0) is 31.2 Å². The second kappa shape index (κ2) is 4.95. The van der Waals surface area contributed by atoms with Crippen LogP contribution in [0, 0.1) is 0 Å². The molecule has 0 bridgehead atoms. The molecule has 0 saturated heterocycles. The molecule has 0 saturated carbocycles. The molecule has 15 heavy (non-hydrogen) atoms. The molecule has 0 aliphatic carbocycles. The van der Waals surface area contributed by atoms with Crippen LogP contribution in [0.25, 0.3) is 0 Å². The smallest absolute Gasteiger partial charge is 0.515 e. The van der Waals surface area contributed by atoms with Crippen LogP contribution in [0.3, 0.4) is 0 Å². The lowest BCUT2D eigenvalue weighted by atomic mass is 9.95. The quantitative estimate of drug-likeness (QED) is 0.708. The average Bonchev–Trinajstić information content (AvgIpc) is 2.16. The first-order valence-electron chi connectivity index (χ1n) is 4.58. The third-order valence-electron chi connectivity index (χ3n) is 1.57. The van der Waals surface area contributed by atoms with Gasteiger partial charge < -0.3 is 22.4 Å². The molecule has 0 atom stereocenters. The van der Waals surface area contributed by atoms with E-state index in [0.717, 1.165) is 0 Å². The molecule has 0 N–H and O–H groups in total. The van der Waals surface area contributed by atoms with Gasteiger partial charge in [0.25, 0.3) is 0 Å². The van der Waals surface area contributed by atoms with Crippen LogP contribution in [0.4, 0.5) is 12.9 Å². The van der Waals surface area contributed by atoms with Gasteiger partial charge in [0.1, 0.15) is 11.5 Å². The molecule has 0 unspecified atom stereocenters. The fourth-order valence-corrected chi connectivity index (χ4v) is 0.989. The highest BCUT2D eigenvalue weighted by Crippen LogP contribution is 2.19. The molecule has 0 fully saturated rings. The Labute approximate surface area is 86.1 Å². The maximum Gasteiger partial charge on any atom is 0.515 e. The Balaban J connectivity index is 2.50. The lowest BCUT2D eigenvalue weighted by Crippen LogP contribution is -2.26. The molecular formula is C9H11BF3O2-. The van der Waals surface area contributed by atoms with Gasteiger partial charge in [-0.3, -0.25) is 0 Å². The predicted molar refractivity (Wildman–Crippen MR) is 52.2 cm³/mol. The summed E-state index contributed by atoms with van der Waals surface area (Å²) in [5.74, 6) is 0.806. The number of ether oxygens (including phenoxy) is 2. The summed E-state index contributed by atoms with van der Waals surface area (Å²) in [5, 5.41) is 0. The number of halogens is 3. The summed E-state index contributed by atoms with van der Waals surface area (Å²) >= 11 is 0. The van der Waals surface area contributed by atoms with Gasteiger partial charge in [0.2, 0.25) is 0 Å². The van der Waals surface area contributed by atoms with Crippen LogP contribution < -0.4 is 9.47 Å². The largest absolute Gasteiger partial charge is 0.522 e. The van der Waals surface area contributed by atoms with Crippen molar-refractivity contribution in [3.05, 3.63) is 24.3 Å². The lowest BCUT2D eigenvalue weighted by molar-refractivity contribution is 0.311. The highest BCUT2D eigenvalue weighted by atomic mass is 19.4. The van der Waals surface area contributed by atoms with Crippen molar-refractivity contribution in [1.82, 2.24) is 0 Å². The van der Waals surface area contributed by atoms with E-state index in [1.54, 1.807) is 12.1 Å². The molecule has 0 spiro atoms. The monoisotopic (exact) mass is 219 g/mol. The van der Waals surface area contributed by atoms with Crippen molar-refractivity contribution in [1.29, 1.82) is 0 Å². The van der Waals surface area contributed by atoms with Gasteiger partial charge in [-0.15, -0.1) is 0 Å². The number of hydrogen-bond acceptors (Lipinski definition) is 2. The van der Waals surface area contributed by atoms with E-state index in [4.69, 9.17) is 4.74 Å². The highest BCUT2D eigenvalue weighted by molar-refractivity contribution is 6.58. The highest BCUT2D eigenvalue weighted by Gasteiger charge is 2.24. The Morgan fingerprint density at radius 1 is 1.00 bits per heavy atom.